The summed E-state index contributed by atoms with van der Waals surface area (Å²) in [6, 6.07) is 38.3. The van der Waals surface area contributed by atoms with E-state index in [2.05, 4.69) is 123 Å². The first-order valence-electron chi connectivity index (χ1n) is 11.8. The summed E-state index contributed by atoms with van der Waals surface area (Å²) in [7, 11) is 0. The molecule has 34 heavy (non-hydrogen) atoms. The maximum absolute atomic E-state index is 2.23. The van der Waals surface area contributed by atoms with E-state index in [4.69, 9.17) is 0 Å². The van der Waals surface area contributed by atoms with Crippen molar-refractivity contribution in [2.45, 2.75) is 52.4 Å². The quantitative estimate of drug-likeness (QED) is 0.286. The molecule has 0 saturated heterocycles. The van der Waals surface area contributed by atoms with E-state index in [-0.39, 0.29) is 24.8 Å². The first-order chi connectivity index (χ1) is 15.7. The van der Waals surface area contributed by atoms with Crippen LogP contribution in [0.4, 0.5) is 0 Å². The fraction of sp³-hybridized carbons (Fsp3) is 0.258. The van der Waals surface area contributed by atoms with Gasteiger partial charge in [0, 0.05) is 0 Å². The zero-order chi connectivity index (χ0) is 22.9. The zero-order valence-corrected chi connectivity index (χ0v) is 24.4. The Morgan fingerprint density at radius 3 is 1.18 bits per heavy atom. The van der Waals surface area contributed by atoms with E-state index in [1.807, 2.05) is 0 Å². The summed E-state index contributed by atoms with van der Waals surface area (Å²) in [5.41, 5.74) is 5.63. The third kappa shape index (κ3) is 13.4. The summed E-state index contributed by atoms with van der Waals surface area (Å²) in [6.07, 6.45) is 7.75. The molecule has 0 unspecified atom stereocenters. The van der Waals surface area contributed by atoms with Crippen molar-refractivity contribution in [1.29, 1.82) is 0 Å². The van der Waals surface area contributed by atoms with Crippen molar-refractivity contribution in [2.24, 2.45) is 0 Å². The molecule has 0 nitrogen and oxygen atoms in total. The Morgan fingerprint density at radius 1 is 0.559 bits per heavy atom. The number of rotatable bonds is 8. The Hall–Kier alpha value is -1.53. The van der Waals surface area contributed by atoms with Crippen LogP contribution >= 0.6 is 0 Å². The standard InChI is InChI=1S/C13H10.2C9H13.2ClH.Zr/c1-3-7-12(8-4-1)11-13-9-5-2-6-10-13;2*1-2-3-6-9-7-4-5-8-9;;;/h1-10H;2*4-5,7-8H,2-3,6H2,1H3;2*1H;/q;2*-1;;;+2/p-2. The van der Waals surface area contributed by atoms with Gasteiger partial charge < -0.3 is 24.8 Å². The van der Waals surface area contributed by atoms with Gasteiger partial charge in [0.25, 0.3) is 0 Å². The van der Waals surface area contributed by atoms with Crippen LogP contribution in [-0.2, 0) is 37.1 Å². The van der Waals surface area contributed by atoms with Gasteiger partial charge in [-0.2, -0.15) is 35.4 Å². The Morgan fingerprint density at radius 2 is 0.882 bits per heavy atom. The van der Waals surface area contributed by atoms with Gasteiger partial charge in [0.2, 0.25) is 0 Å². The summed E-state index contributed by atoms with van der Waals surface area (Å²) in [5.74, 6) is 0. The number of halogens is 2. The zero-order valence-electron chi connectivity index (χ0n) is 20.4. The molecule has 0 N–H and O–H groups in total. The molecule has 4 rings (SSSR count). The molecule has 4 aromatic carbocycles. The molecule has 0 bridgehead atoms. The second-order valence-electron chi connectivity index (χ2n) is 7.90. The summed E-state index contributed by atoms with van der Waals surface area (Å²) in [5, 5.41) is 0. The van der Waals surface area contributed by atoms with Crippen molar-refractivity contribution in [1.82, 2.24) is 0 Å². The van der Waals surface area contributed by atoms with E-state index in [0.717, 1.165) is 0 Å². The Kier molecular flexibility index (Phi) is 19.9. The molecule has 0 aromatic heterocycles. The molecule has 0 saturated carbocycles. The van der Waals surface area contributed by atoms with Gasteiger partial charge in [-0.05, 0) is 0 Å². The molecule has 0 fully saturated rings. The summed E-state index contributed by atoms with van der Waals surface area (Å²) in [6.45, 7) is 4.45. The molecule has 0 aliphatic carbocycles. The molecule has 4 aromatic rings. The molecule has 0 aliphatic heterocycles. The number of aryl methyl sites for hydroxylation is 2. The predicted octanol–water partition coefficient (Wildman–Crippen LogP) is 2.31. The second-order valence-corrected chi connectivity index (χ2v) is 9.13. The van der Waals surface area contributed by atoms with Gasteiger partial charge in [-0.15, -0.1) is 0 Å². The molecule has 0 amide bonds. The van der Waals surface area contributed by atoms with Crippen LogP contribution in [0.25, 0.3) is 0 Å². The SMILES string of the molecule is CCCC[c-]1cccc1.CCCC[c-]1cccc1.[Cl-].[Cl-].[Zr+2]=[C](c1ccccc1)c1ccccc1. The van der Waals surface area contributed by atoms with Crippen molar-refractivity contribution in [3.8, 4) is 0 Å². The van der Waals surface area contributed by atoms with Crippen LogP contribution < -0.4 is 24.8 Å². The first kappa shape index (κ1) is 32.5. The van der Waals surface area contributed by atoms with Crippen LogP contribution in [0.2, 0.25) is 0 Å². The molecule has 3 heteroatoms. The van der Waals surface area contributed by atoms with E-state index < -0.39 is 0 Å². The summed E-state index contributed by atoms with van der Waals surface area (Å²) >= 11 is 1.46. The van der Waals surface area contributed by atoms with Crippen LogP contribution in [0.3, 0.4) is 0 Å². The van der Waals surface area contributed by atoms with Gasteiger partial charge in [0.15, 0.2) is 0 Å². The topological polar surface area (TPSA) is 0 Å². The van der Waals surface area contributed by atoms with E-state index in [9.17, 15) is 0 Å². The molecule has 0 spiro atoms. The number of hydrogen-bond acceptors (Lipinski definition) is 0. The van der Waals surface area contributed by atoms with Crippen molar-refractivity contribution < 1.29 is 49.0 Å². The van der Waals surface area contributed by atoms with Crippen molar-refractivity contribution in [3.63, 3.8) is 0 Å². The van der Waals surface area contributed by atoms with Gasteiger partial charge in [-0.1, -0.05) is 52.4 Å². The number of benzene rings is 2. The molecule has 0 radical (unpaired) electrons. The number of hydrogen-bond donors (Lipinski definition) is 0. The van der Waals surface area contributed by atoms with Gasteiger partial charge >= 0.3 is 99.2 Å². The average molecular weight is 571 g/mol. The fourth-order valence-electron chi connectivity index (χ4n) is 3.30. The fourth-order valence-corrected chi connectivity index (χ4v) is 4.12. The normalized spacial score (nSPS) is 9.29. The van der Waals surface area contributed by atoms with Gasteiger partial charge in [-0.25, -0.2) is 24.3 Å². The van der Waals surface area contributed by atoms with Crippen LogP contribution in [-0.4, -0.2) is 3.21 Å². The monoisotopic (exact) mass is 568 g/mol. The van der Waals surface area contributed by atoms with Crippen molar-refractivity contribution in [3.05, 3.63) is 131 Å². The molecule has 0 aliphatic rings. The van der Waals surface area contributed by atoms with Crippen LogP contribution in [0.15, 0.2) is 109 Å². The summed E-state index contributed by atoms with van der Waals surface area (Å²) in [4.78, 5) is 0. The molecule has 180 valence electrons. The van der Waals surface area contributed by atoms with Gasteiger partial charge in [0.05, 0.1) is 0 Å². The Bertz CT molecular complexity index is 864. The average Bonchev–Trinajstić information content (AvgIpc) is 3.57. The molecular weight excluding hydrogens is 534 g/mol. The summed E-state index contributed by atoms with van der Waals surface area (Å²) < 4.78 is 1.42. The van der Waals surface area contributed by atoms with E-state index in [1.54, 1.807) is 0 Å². The molecule has 0 heterocycles. The number of unbranched alkanes of at least 4 members (excludes halogenated alkanes) is 2. The second kappa shape index (κ2) is 20.8. The molecular formula is C31H36Cl2Zr-2. The van der Waals surface area contributed by atoms with Crippen LogP contribution in [0, 0.1) is 0 Å². The third-order valence-corrected chi connectivity index (χ3v) is 6.65. The van der Waals surface area contributed by atoms with E-state index >= 15 is 0 Å². The minimum absolute atomic E-state index is 0. The van der Waals surface area contributed by atoms with Crippen LogP contribution in [0.1, 0.15) is 61.8 Å². The predicted molar refractivity (Wildman–Crippen MR) is 137 cm³/mol. The van der Waals surface area contributed by atoms with Gasteiger partial charge in [-0.3, -0.25) is 0 Å². The third-order valence-electron chi connectivity index (χ3n) is 5.23. The maximum atomic E-state index is 2.23. The van der Waals surface area contributed by atoms with Crippen LogP contribution in [0.5, 0.6) is 0 Å². The van der Waals surface area contributed by atoms with Gasteiger partial charge in [0.1, 0.15) is 0 Å². The Balaban J connectivity index is 0.000000485. The van der Waals surface area contributed by atoms with Crippen molar-refractivity contribution >= 4 is 3.21 Å². The molecule has 0 atom stereocenters. The van der Waals surface area contributed by atoms with E-state index in [0.29, 0.717) is 0 Å². The van der Waals surface area contributed by atoms with E-state index in [1.165, 1.54) is 88.2 Å². The Labute approximate surface area is 234 Å². The van der Waals surface area contributed by atoms with Crippen molar-refractivity contribution in [2.75, 3.05) is 0 Å². The minimum atomic E-state index is 0. The first-order valence-corrected chi connectivity index (χ1v) is 13.1.